The van der Waals surface area contributed by atoms with Gasteiger partial charge in [-0.05, 0) is 89.9 Å². The average Bonchev–Trinajstić information content (AvgIpc) is 3.32. The van der Waals surface area contributed by atoms with Crippen LogP contribution in [0.1, 0.15) is 296 Å². The maximum Gasteiger partial charge on any atom is 0.305 e. The fourth-order valence-corrected chi connectivity index (χ4v) is 8.62. The highest BCUT2D eigenvalue weighted by atomic mass is 16.5. The summed E-state index contributed by atoms with van der Waals surface area (Å²) in [5.74, 6) is -0.101. The number of esters is 1. The Labute approximate surface area is 410 Å². The van der Waals surface area contributed by atoms with E-state index in [1.165, 1.54) is 193 Å². The van der Waals surface area contributed by atoms with Gasteiger partial charge in [-0.3, -0.25) is 9.59 Å². The molecule has 0 spiro atoms. The summed E-state index contributed by atoms with van der Waals surface area (Å²) in [5.41, 5.74) is 0. The molecule has 2 unspecified atom stereocenters. The summed E-state index contributed by atoms with van der Waals surface area (Å²) in [7, 11) is 0. The van der Waals surface area contributed by atoms with Crippen molar-refractivity contribution in [2.45, 2.75) is 309 Å². The van der Waals surface area contributed by atoms with E-state index in [1.807, 2.05) is 6.08 Å². The zero-order chi connectivity index (χ0) is 47.9. The Morgan fingerprint density at radius 2 is 0.758 bits per heavy atom. The highest BCUT2D eigenvalue weighted by Gasteiger charge is 2.18. The predicted molar refractivity (Wildman–Crippen MR) is 287 cm³/mol. The van der Waals surface area contributed by atoms with Gasteiger partial charge in [0.25, 0.3) is 0 Å². The van der Waals surface area contributed by atoms with E-state index in [2.05, 4.69) is 55.6 Å². The molecule has 6 heteroatoms. The Kier molecular flexibility index (Phi) is 53.6. The van der Waals surface area contributed by atoms with Gasteiger partial charge in [0.1, 0.15) is 0 Å². The number of aliphatic hydroxyl groups excluding tert-OH is 2. The number of carbonyl (C=O) groups excluding carboxylic acids is 2. The molecule has 66 heavy (non-hydrogen) atoms. The van der Waals surface area contributed by atoms with Gasteiger partial charge in [-0.15, -0.1) is 0 Å². The monoisotopic (exact) mass is 926 g/mol. The number of amides is 1. The highest BCUT2D eigenvalue weighted by Crippen LogP contribution is 2.16. The molecule has 386 valence electrons. The zero-order valence-corrected chi connectivity index (χ0v) is 43.9. The van der Waals surface area contributed by atoms with Crippen molar-refractivity contribution in [1.29, 1.82) is 0 Å². The normalized spacial score (nSPS) is 13.0. The van der Waals surface area contributed by atoms with Gasteiger partial charge >= 0.3 is 5.97 Å². The van der Waals surface area contributed by atoms with Crippen molar-refractivity contribution in [3.63, 3.8) is 0 Å². The number of rotatable bonds is 53. The first kappa shape index (κ1) is 63.8. The number of nitrogens with one attached hydrogen (secondary N) is 1. The van der Waals surface area contributed by atoms with Crippen molar-refractivity contribution < 1.29 is 24.5 Å². The third kappa shape index (κ3) is 51.2. The second-order valence-corrected chi connectivity index (χ2v) is 19.6. The van der Waals surface area contributed by atoms with E-state index >= 15 is 0 Å². The van der Waals surface area contributed by atoms with E-state index in [-0.39, 0.29) is 18.5 Å². The molecular weight excluding hydrogens is 815 g/mol. The molecule has 0 rings (SSSR count). The maximum absolute atomic E-state index is 12.5. The Bertz CT molecular complexity index is 1110. The molecule has 0 aliphatic heterocycles. The first-order chi connectivity index (χ1) is 32.5. The quantitative estimate of drug-likeness (QED) is 0.0244. The Morgan fingerprint density at radius 1 is 0.424 bits per heavy atom. The molecule has 0 saturated heterocycles. The molecular formula is C60H111NO5. The highest BCUT2D eigenvalue weighted by molar-refractivity contribution is 5.76. The van der Waals surface area contributed by atoms with Crippen LogP contribution in [0.5, 0.6) is 0 Å². The number of ether oxygens (including phenoxy) is 1. The minimum Gasteiger partial charge on any atom is -0.466 e. The fourth-order valence-electron chi connectivity index (χ4n) is 8.62. The van der Waals surface area contributed by atoms with Crippen LogP contribution in [0.15, 0.2) is 48.6 Å². The average molecular weight is 927 g/mol. The Morgan fingerprint density at radius 3 is 1.17 bits per heavy atom. The van der Waals surface area contributed by atoms with Gasteiger partial charge in [-0.1, -0.05) is 242 Å². The maximum atomic E-state index is 12.5. The van der Waals surface area contributed by atoms with Crippen LogP contribution in [0.4, 0.5) is 0 Å². The topological polar surface area (TPSA) is 95.9 Å². The summed E-state index contributed by atoms with van der Waals surface area (Å²) in [4.78, 5) is 24.5. The lowest BCUT2D eigenvalue weighted by Gasteiger charge is -2.20. The summed E-state index contributed by atoms with van der Waals surface area (Å²) in [5, 5.41) is 23.1. The van der Waals surface area contributed by atoms with Gasteiger partial charge in [-0.25, -0.2) is 0 Å². The van der Waals surface area contributed by atoms with Gasteiger partial charge in [0.05, 0.1) is 25.4 Å². The van der Waals surface area contributed by atoms with Gasteiger partial charge in [-0.2, -0.15) is 0 Å². The molecule has 0 aromatic heterocycles. The minimum absolute atomic E-state index is 0.0231. The fraction of sp³-hybridized carbons (Fsp3) is 0.833. The molecule has 0 aliphatic carbocycles. The molecule has 2 atom stereocenters. The van der Waals surface area contributed by atoms with Gasteiger partial charge in [0.2, 0.25) is 5.91 Å². The number of allylic oxidation sites excluding steroid dienone is 7. The minimum atomic E-state index is -0.852. The largest absolute Gasteiger partial charge is 0.466 e. The Balaban J connectivity index is 3.52. The van der Waals surface area contributed by atoms with Gasteiger partial charge in [0.15, 0.2) is 0 Å². The SMILES string of the molecule is CCCCCCC/C=C\CCCCCCCC(=O)OCCCCC/C=C\C=C/CCCCCCCCCCCCC(=O)NC(CO)C(O)/C=C/CCCCCCCCCCCCCCCC. The van der Waals surface area contributed by atoms with E-state index < -0.39 is 12.1 Å². The second kappa shape index (κ2) is 55.4. The summed E-state index contributed by atoms with van der Waals surface area (Å²) >= 11 is 0. The van der Waals surface area contributed by atoms with Crippen LogP contribution in [0.3, 0.4) is 0 Å². The molecule has 0 aromatic rings. The van der Waals surface area contributed by atoms with Crippen LogP contribution in [0.25, 0.3) is 0 Å². The number of hydrogen-bond donors (Lipinski definition) is 3. The number of carbonyl (C=O) groups is 2. The Hall–Kier alpha value is -2.18. The lowest BCUT2D eigenvalue weighted by Crippen LogP contribution is -2.45. The molecule has 0 fully saturated rings. The summed E-state index contributed by atoms with van der Waals surface area (Å²) in [6.45, 7) is 4.85. The van der Waals surface area contributed by atoms with Crippen molar-refractivity contribution >= 4 is 11.9 Å². The summed E-state index contributed by atoms with van der Waals surface area (Å²) < 4.78 is 5.44. The van der Waals surface area contributed by atoms with E-state index in [0.717, 1.165) is 77.0 Å². The van der Waals surface area contributed by atoms with Crippen LogP contribution in [-0.4, -0.2) is 47.4 Å². The van der Waals surface area contributed by atoms with Crippen LogP contribution in [-0.2, 0) is 14.3 Å². The van der Waals surface area contributed by atoms with Crippen molar-refractivity contribution in [1.82, 2.24) is 5.32 Å². The van der Waals surface area contributed by atoms with Crippen molar-refractivity contribution in [2.75, 3.05) is 13.2 Å². The number of hydrogen-bond acceptors (Lipinski definition) is 5. The van der Waals surface area contributed by atoms with Crippen LogP contribution in [0.2, 0.25) is 0 Å². The molecule has 0 heterocycles. The molecule has 0 saturated carbocycles. The smallest absolute Gasteiger partial charge is 0.305 e. The van der Waals surface area contributed by atoms with Gasteiger partial charge < -0.3 is 20.3 Å². The van der Waals surface area contributed by atoms with E-state index in [1.54, 1.807) is 6.08 Å². The molecule has 0 bridgehead atoms. The molecule has 3 N–H and O–H groups in total. The third-order valence-electron chi connectivity index (χ3n) is 13.1. The van der Waals surface area contributed by atoms with Crippen LogP contribution < -0.4 is 5.32 Å². The third-order valence-corrected chi connectivity index (χ3v) is 13.1. The van der Waals surface area contributed by atoms with Crippen LogP contribution in [0, 0.1) is 0 Å². The van der Waals surface area contributed by atoms with Crippen LogP contribution >= 0.6 is 0 Å². The molecule has 0 aromatic carbocycles. The summed E-state index contributed by atoms with van der Waals surface area (Å²) in [6.07, 6.45) is 69.9. The van der Waals surface area contributed by atoms with E-state index in [0.29, 0.717) is 19.4 Å². The lowest BCUT2D eigenvalue weighted by molar-refractivity contribution is -0.143. The second-order valence-electron chi connectivity index (χ2n) is 19.6. The van der Waals surface area contributed by atoms with Gasteiger partial charge in [0, 0.05) is 12.8 Å². The number of aliphatic hydroxyl groups is 2. The predicted octanol–water partition coefficient (Wildman–Crippen LogP) is 17.8. The molecule has 1 amide bonds. The molecule has 0 radical (unpaired) electrons. The zero-order valence-electron chi connectivity index (χ0n) is 43.9. The first-order valence-electron chi connectivity index (χ1n) is 28.9. The first-order valence-corrected chi connectivity index (χ1v) is 28.9. The lowest BCUT2D eigenvalue weighted by atomic mass is 10.0. The van der Waals surface area contributed by atoms with E-state index in [4.69, 9.17) is 4.74 Å². The van der Waals surface area contributed by atoms with Crippen molar-refractivity contribution in [2.24, 2.45) is 0 Å². The van der Waals surface area contributed by atoms with Crippen molar-refractivity contribution in [3.05, 3.63) is 48.6 Å². The van der Waals surface area contributed by atoms with Crippen molar-refractivity contribution in [3.8, 4) is 0 Å². The molecule has 6 nitrogen and oxygen atoms in total. The summed E-state index contributed by atoms with van der Waals surface area (Å²) in [6, 6.07) is -0.636. The standard InChI is InChI=1S/C60H111NO5/c1-3-5-7-9-11-13-15-17-19-25-28-32-36-40-44-48-52-58(63)57(56-62)61-59(64)53-49-45-41-37-33-29-26-23-21-20-22-24-27-31-35-39-43-47-51-55-66-60(65)54-50-46-42-38-34-30-18-16-14-12-10-8-6-4-2/h16,18,24,27,31,35,48,52,57-58,62-63H,3-15,17,19-23,25-26,28-30,32-34,36-47,49-51,53-56H2,1-2H3,(H,61,64)/b18-16-,27-24-,35-31-,52-48+. The number of unbranched alkanes of at least 4 members (excludes halogenated alkanes) is 37. The van der Waals surface area contributed by atoms with E-state index in [9.17, 15) is 19.8 Å². The molecule has 0 aliphatic rings.